The fraction of sp³-hybridized carbons (Fsp3) is 0.0833. The molecule has 0 spiro atoms. The summed E-state index contributed by atoms with van der Waals surface area (Å²) >= 11 is 10.8. The van der Waals surface area contributed by atoms with Crippen LogP contribution in [0.4, 0.5) is 5.69 Å². The van der Waals surface area contributed by atoms with Crippen molar-refractivity contribution in [1.82, 2.24) is 0 Å². The number of halogens is 2. The normalized spacial score (nSPS) is 11.8. The van der Waals surface area contributed by atoms with Gasteiger partial charge in [-0.05, 0) is 40.2 Å². The first-order valence-electron chi connectivity index (χ1n) is 4.84. The first-order chi connectivity index (χ1) is 8.19. The molecule has 1 aromatic carbocycles. The van der Waals surface area contributed by atoms with Gasteiger partial charge in [0.2, 0.25) is 0 Å². The third kappa shape index (κ3) is 3.22. The van der Waals surface area contributed by atoms with E-state index in [2.05, 4.69) is 27.3 Å². The van der Waals surface area contributed by atoms with Gasteiger partial charge in [0.15, 0.2) is 0 Å². The van der Waals surface area contributed by atoms with Crippen molar-refractivity contribution in [3.05, 3.63) is 50.1 Å². The zero-order valence-corrected chi connectivity index (χ0v) is 11.8. The molecular weight excluding hydrogens is 320 g/mol. The minimum Gasteiger partial charge on any atom is -0.365 e. The fourth-order valence-corrected chi connectivity index (χ4v) is 3.02. The maximum Gasteiger partial charge on any atom is 0.149 e. The predicted molar refractivity (Wildman–Crippen MR) is 75.4 cm³/mol. The van der Waals surface area contributed by atoms with E-state index >= 15 is 0 Å². The lowest BCUT2D eigenvalue weighted by Crippen LogP contribution is -2.06. The van der Waals surface area contributed by atoms with Crippen molar-refractivity contribution < 1.29 is 0 Å². The maximum absolute atomic E-state index is 9.17. The molecule has 0 saturated carbocycles. The van der Waals surface area contributed by atoms with Gasteiger partial charge in [0.25, 0.3) is 0 Å². The van der Waals surface area contributed by atoms with Crippen LogP contribution in [0.15, 0.2) is 40.2 Å². The molecule has 1 unspecified atom stereocenters. The van der Waals surface area contributed by atoms with Crippen LogP contribution in [-0.2, 0) is 0 Å². The lowest BCUT2D eigenvalue weighted by Gasteiger charge is -2.11. The highest BCUT2D eigenvalue weighted by Gasteiger charge is 2.12. The topological polar surface area (TPSA) is 35.8 Å². The molecule has 1 heterocycles. The van der Waals surface area contributed by atoms with Crippen LogP contribution in [0.2, 0.25) is 5.02 Å². The quantitative estimate of drug-likeness (QED) is 0.875. The highest BCUT2D eigenvalue weighted by Crippen LogP contribution is 2.28. The number of nitriles is 1. The molecule has 1 atom stereocenters. The molecule has 0 amide bonds. The Kier molecular flexibility index (Phi) is 4.06. The largest absolute Gasteiger partial charge is 0.365 e. The molecule has 0 aliphatic rings. The minimum atomic E-state index is -0.357. The second-order valence-electron chi connectivity index (χ2n) is 3.38. The Morgan fingerprint density at radius 1 is 1.41 bits per heavy atom. The Balaban J connectivity index is 2.19. The van der Waals surface area contributed by atoms with Crippen molar-refractivity contribution in [2.75, 3.05) is 5.32 Å². The molecule has 0 aliphatic carbocycles. The Morgan fingerprint density at radius 2 is 2.24 bits per heavy atom. The highest BCUT2D eigenvalue weighted by atomic mass is 79.9. The van der Waals surface area contributed by atoms with Crippen molar-refractivity contribution in [2.45, 2.75) is 6.04 Å². The molecule has 0 bridgehead atoms. The number of thiophene rings is 1. The second-order valence-corrected chi connectivity index (χ2v) is 5.68. The van der Waals surface area contributed by atoms with Crippen LogP contribution in [0, 0.1) is 11.3 Å². The molecular formula is C12H8BrClN2S. The monoisotopic (exact) mass is 326 g/mol. The van der Waals surface area contributed by atoms with E-state index in [-0.39, 0.29) is 6.04 Å². The molecule has 5 heteroatoms. The third-order valence-corrected chi connectivity index (χ3v) is 4.13. The zero-order valence-electron chi connectivity index (χ0n) is 8.65. The smallest absolute Gasteiger partial charge is 0.149 e. The number of anilines is 1. The van der Waals surface area contributed by atoms with Crippen LogP contribution in [0.3, 0.4) is 0 Å². The Hall–Kier alpha value is -1.02. The molecule has 2 nitrogen and oxygen atoms in total. The molecule has 2 rings (SSSR count). The average Bonchev–Trinajstić information content (AvgIpc) is 2.73. The van der Waals surface area contributed by atoms with Crippen LogP contribution >= 0.6 is 38.9 Å². The molecule has 86 valence electrons. The van der Waals surface area contributed by atoms with Gasteiger partial charge in [0.1, 0.15) is 6.04 Å². The Labute approximate surface area is 117 Å². The summed E-state index contributed by atoms with van der Waals surface area (Å²) in [5.41, 5.74) is 0.841. The van der Waals surface area contributed by atoms with Crippen molar-refractivity contribution >= 4 is 44.6 Å². The first kappa shape index (κ1) is 12.4. The summed E-state index contributed by atoms with van der Waals surface area (Å²) in [7, 11) is 0. The predicted octanol–water partition coefficient (Wildman–Crippen LogP) is 4.84. The molecule has 1 N–H and O–H groups in total. The van der Waals surface area contributed by atoms with Gasteiger partial charge in [0.05, 0.1) is 6.07 Å². The SMILES string of the molecule is N#CC(Nc1cccc(Cl)c1)c1cc(Br)cs1. The fourth-order valence-electron chi connectivity index (χ4n) is 1.39. The van der Waals surface area contributed by atoms with Gasteiger partial charge < -0.3 is 5.32 Å². The summed E-state index contributed by atoms with van der Waals surface area (Å²) in [5, 5.41) is 14.9. The Morgan fingerprint density at radius 3 is 2.82 bits per heavy atom. The highest BCUT2D eigenvalue weighted by molar-refractivity contribution is 9.10. The van der Waals surface area contributed by atoms with Crippen molar-refractivity contribution in [3.8, 4) is 6.07 Å². The molecule has 2 aromatic rings. The molecule has 0 radical (unpaired) electrons. The maximum atomic E-state index is 9.17. The Bertz CT molecular complexity index is 562. The number of rotatable bonds is 3. The standard InChI is InChI=1S/C12H8BrClN2S/c13-8-4-12(17-7-8)11(6-15)16-10-3-1-2-9(14)5-10/h1-5,7,11,16H. The van der Waals surface area contributed by atoms with Crippen molar-refractivity contribution in [3.63, 3.8) is 0 Å². The first-order valence-corrected chi connectivity index (χ1v) is 6.90. The van der Waals surface area contributed by atoms with Crippen LogP contribution < -0.4 is 5.32 Å². The summed E-state index contributed by atoms with van der Waals surface area (Å²) in [6.45, 7) is 0. The van der Waals surface area contributed by atoms with Gasteiger partial charge in [-0.2, -0.15) is 5.26 Å². The van der Waals surface area contributed by atoms with Crippen LogP contribution in [0.25, 0.3) is 0 Å². The second kappa shape index (κ2) is 5.54. The van der Waals surface area contributed by atoms with E-state index in [9.17, 15) is 0 Å². The van der Waals surface area contributed by atoms with Gasteiger partial charge >= 0.3 is 0 Å². The third-order valence-electron chi connectivity index (χ3n) is 2.14. The van der Waals surface area contributed by atoms with Crippen LogP contribution in [-0.4, -0.2) is 0 Å². The minimum absolute atomic E-state index is 0.357. The van der Waals surface area contributed by atoms with E-state index in [1.807, 2.05) is 23.6 Å². The summed E-state index contributed by atoms with van der Waals surface area (Å²) < 4.78 is 0.991. The van der Waals surface area contributed by atoms with E-state index in [4.69, 9.17) is 16.9 Å². The van der Waals surface area contributed by atoms with E-state index in [1.54, 1.807) is 23.5 Å². The van der Waals surface area contributed by atoms with E-state index in [1.165, 1.54) is 0 Å². The van der Waals surface area contributed by atoms with Gasteiger partial charge in [-0.25, -0.2) is 0 Å². The summed E-state index contributed by atoms with van der Waals surface area (Å²) in [5.74, 6) is 0. The van der Waals surface area contributed by atoms with Gasteiger partial charge in [-0.1, -0.05) is 17.7 Å². The zero-order chi connectivity index (χ0) is 12.3. The molecule has 0 saturated heterocycles. The number of benzene rings is 1. The average molecular weight is 328 g/mol. The van der Waals surface area contributed by atoms with Crippen molar-refractivity contribution in [2.24, 2.45) is 0 Å². The van der Waals surface area contributed by atoms with E-state index in [0.29, 0.717) is 5.02 Å². The van der Waals surface area contributed by atoms with Crippen LogP contribution in [0.1, 0.15) is 10.9 Å². The van der Waals surface area contributed by atoms with Crippen molar-refractivity contribution in [1.29, 1.82) is 5.26 Å². The summed E-state index contributed by atoms with van der Waals surface area (Å²) in [6.07, 6.45) is 0. The summed E-state index contributed by atoms with van der Waals surface area (Å²) in [6, 6.07) is 11.2. The molecule has 17 heavy (non-hydrogen) atoms. The van der Waals surface area contributed by atoms with Gasteiger partial charge in [-0.3, -0.25) is 0 Å². The van der Waals surface area contributed by atoms with E-state index in [0.717, 1.165) is 15.0 Å². The van der Waals surface area contributed by atoms with Gasteiger partial charge in [0, 0.05) is 25.4 Å². The van der Waals surface area contributed by atoms with E-state index < -0.39 is 0 Å². The lowest BCUT2D eigenvalue weighted by molar-refractivity contribution is 1.03. The molecule has 0 aliphatic heterocycles. The molecule has 0 fully saturated rings. The number of nitrogens with zero attached hydrogens (tertiary/aromatic N) is 1. The summed E-state index contributed by atoms with van der Waals surface area (Å²) in [4.78, 5) is 0.972. The number of hydrogen-bond donors (Lipinski definition) is 1. The van der Waals surface area contributed by atoms with Crippen LogP contribution in [0.5, 0.6) is 0 Å². The number of nitrogens with one attached hydrogen (secondary N) is 1. The molecule has 1 aromatic heterocycles. The lowest BCUT2D eigenvalue weighted by atomic mass is 10.2. The number of hydrogen-bond acceptors (Lipinski definition) is 3. The van der Waals surface area contributed by atoms with Gasteiger partial charge in [-0.15, -0.1) is 11.3 Å².